The van der Waals surface area contributed by atoms with E-state index in [1.54, 1.807) is 4.90 Å². The van der Waals surface area contributed by atoms with Gasteiger partial charge in [0, 0.05) is 35.8 Å². The fraction of sp³-hybridized carbons (Fsp3) is 0.316. The maximum absolute atomic E-state index is 12.1. The second kappa shape index (κ2) is 6.20. The van der Waals surface area contributed by atoms with E-state index in [1.807, 2.05) is 24.3 Å². The molecule has 0 bridgehead atoms. The van der Waals surface area contributed by atoms with Crippen molar-refractivity contribution in [2.75, 3.05) is 16.8 Å². The summed E-state index contributed by atoms with van der Waals surface area (Å²) in [5, 5.41) is 10.3. The third kappa shape index (κ3) is 3.07. The van der Waals surface area contributed by atoms with Gasteiger partial charge in [-0.15, -0.1) is 0 Å². The molecule has 1 aromatic carbocycles. The van der Waals surface area contributed by atoms with Crippen molar-refractivity contribution in [3.8, 4) is 11.3 Å². The molecular formula is C19H20N4O2. The molecule has 0 spiro atoms. The highest BCUT2D eigenvalue weighted by Gasteiger charge is 2.27. The van der Waals surface area contributed by atoms with Crippen LogP contribution >= 0.6 is 0 Å². The molecule has 0 radical (unpaired) electrons. The van der Waals surface area contributed by atoms with Crippen molar-refractivity contribution in [1.82, 2.24) is 10.2 Å². The van der Waals surface area contributed by atoms with E-state index in [4.69, 9.17) is 0 Å². The predicted octanol–water partition coefficient (Wildman–Crippen LogP) is 3.21. The summed E-state index contributed by atoms with van der Waals surface area (Å²) in [4.78, 5) is 25.6. The Bertz CT molecular complexity index is 851. The van der Waals surface area contributed by atoms with Gasteiger partial charge in [-0.05, 0) is 49.6 Å². The molecule has 2 aliphatic rings. The molecule has 2 N–H and O–H groups in total. The van der Waals surface area contributed by atoms with E-state index in [2.05, 4.69) is 22.1 Å². The van der Waals surface area contributed by atoms with E-state index in [9.17, 15) is 9.59 Å². The number of aromatic nitrogens is 2. The molecule has 2 aromatic rings. The zero-order valence-corrected chi connectivity index (χ0v) is 13.9. The largest absolute Gasteiger partial charge is 0.322 e. The van der Waals surface area contributed by atoms with Gasteiger partial charge in [0.05, 0.1) is 11.4 Å². The number of hydrogen-bond acceptors (Lipinski definition) is 3. The number of carbonyl (C=O) groups excluding carboxylic acids is 2. The van der Waals surface area contributed by atoms with E-state index in [-0.39, 0.29) is 11.8 Å². The second-order valence-corrected chi connectivity index (χ2v) is 6.55. The minimum atomic E-state index is -0.274. The molecule has 0 unspecified atom stereocenters. The maximum Gasteiger partial charge on any atom is 0.247 e. The van der Waals surface area contributed by atoms with E-state index >= 15 is 0 Å². The lowest BCUT2D eigenvalue weighted by atomic mass is 10.1. The van der Waals surface area contributed by atoms with Gasteiger partial charge in [0.15, 0.2) is 0 Å². The quantitative estimate of drug-likeness (QED) is 0.823. The van der Waals surface area contributed by atoms with Crippen LogP contribution in [-0.4, -0.2) is 28.6 Å². The number of anilines is 2. The lowest BCUT2D eigenvalue weighted by Gasteiger charge is -2.18. The number of carbonyl (C=O) groups is 2. The summed E-state index contributed by atoms with van der Waals surface area (Å²) >= 11 is 0. The van der Waals surface area contributed by atoms with Gasteiger partial charge in [-0.3, -0.25) is 14.7 Å². The number of nitrogens with zero attached hydrogens (tertiary/aromatic N) is 2. The van der Waals surface area contributed by atoms with E-state index in [1.165, 1.54) is 18.9 Å². The highest BCUT2D eigenvalue weighted by molar-refractivity contribution is 6.03. The number of benzene rings is 1. The van der Waals surface area contributed by atoms with Crippen LogP contribution in [0.5, 0.6) is 0 Å². The molecule has 2 amide bonds. The first-order valence-corrected chi connectivity index (χ1v) is 8.59. The van der Waals surface area contributed by atoms with Crippen molar-refractivity contribution in [2.45, 2.75) is 31.6 Å². The Morgan fingerprint density at radius 2 is 2.20 bits per heavy atom. The van der Waals surface area contributed by atoms with Gasteiger partial charge >= 0.3 is 0 Å². The van der Waals surface area contributed by atoms with Crippen LogP contribution in [-0.2, 0) is 9.59 Å². The van der Waals surface area contributed by atoms with Crippen LogP contribution < -0.4 is 10.2 Å². The number of aromatic amines is 1. The molecule has 128 valence electrons. The first-order chi connectivity index (χ1) is 12.2. The van der Waals surface area contributed by atoms with Gasteiger partial charge in [-0.1, -0.05) is 6.58 Å². The Morgan fingerprint density at radius 1 is 1.36 bits per heavy atom. The summed E-state index contributed by atoms with van der Waals surface area (Å²) < 4.78 is 0. The number of rotatable bonds is 5. The van der Waals surface area contributed by atoms with Gasteiger partial charge in [0.2, 0.25) is 11.8 Å². The minimum Gasteiger partial charge on any atom is -0.322 e. The van der Waals surface area contributed by atoms with Crippen LogP contribution in [0.3, 0.4) is 0 Å². The Balaban J connectivity index is 1.74. The zero-order chi connectivity index (χ0) is 17.4. The average Bonchev–Trinajstić information content (AvgIpc) is 3.19. The fourth-order valence-electron chi connectivity index (χ4n) is 3.20. The topological polar surface area (TPSA) is 78.1 Å². The average molecular weight is 336 g/mol. The molecule has 2 fully saturated rings. The summed E-state index contributed by atoms with van der Waals surface area (Å²) in [6.45, 7) is 4.23. The van der Waals surface area contributed by atoms with Gasteiger partial charge in [-0.2, -0.15) is 5.10 Å². The van der Waals surface area contributed by atoms with Crippen LogP contribution in [0, 0.1) is 0 Å². The number of amides is 2. The lowest BCUT2D eigenvalue weighted by molar-refractivity contribution is -0.117. The van der Waals surface area contributed by atoms with Gasteiger partial charge in [0.1, 0.15) is 0 Å². The maximum atomic E-state index is 12.1. The first-order valence-electron chi connectivity index (χ1n) is 8.59. The molecule has 2 heterocycles. The van der Waals surface area contributed by atoms with Gasteiger partial charge < -0.3 is 10.2 Å². The number of hydrogen-bond donors (Lipinski definition) is 2. The molecule has 25 heavy (non-hydrogen) atoms. The molecule has 6 nitrogen and oxygen atoms in total. The standard InChI is InChI=1S/C19H20N4O2/c1-2-18(24)20-15-8-7-13(23-9-3-4-19(23)25)10-14(15)17-11-16(21-22-17)12-5-6-12/h2,7-8,10-12H,1,3-6,9H2,(H,20,24)(H,21,22). The third-order valence-electron chi connectivity index (χ3n) is 4.72. The molecule has 1 saturated heterocycles. The highest BCUT2D eigenvalue weighted by Crippen LogP contribution is 2.41. The minimum absolute atomic E-state index is 0.134. The molecule has 1 saturated carbocycles. The highest BCUT2D eigenvalue weighted by atomic mass is 16.2. The van der Waals surface area contributed by atoms with Crippen LogP contribution in [0.15, 0.2) is 36.9 Å². The van der Waals surface area contributed by atoms with Gasteiger partial charge in [-0.25, -0.2) is 0 Å². The SMILES string of the molecule is C=CC(=O)Nc1ccc(N2CCCC2=O)cc1-c1cc(C2CC2)[nH]n1. The van der Waals surface area contributed by atoms with Gasteiger partial charge in [0.25, 0.3) is 0 Å². The third-order valence-corrected chi connectivity index (χ3v) is 4.72. The normalized spacial score (nSPS) is 17.0. The molecular weight excluding hydrogens is 316 g/mol. The smallest absolute Gasteiger partial charge is 0.247 e. The van der Waals surface area contributed by atoms with E-state index in [0.717, 1.165) is 35.6 Å². The second-order valence-electron chi connectivity index (χ2n) is 6.55. The molecule has 0 atom stereocenters. The Hall–Kier alpha value is -2.89. The monoisotopic (exact) mass is 336 g/mol. The van der Waals surface area contributed by atoms with Crippen molar-refractivity contribution in [3.05, 3.63) is 42.6 Å². The Kier molecular flexibility index (Phi) is 3.87. The van der Waals surface area contributed by atoms with Crippen molar-refractivity contribution < 1.29 is 9.59 Å². The first kappa shape index (κ1) is 15.6. The van der Waals surface area contributed by atoms with Crippen molar-refractivity contribution in [1.29, 1.82) is 0 Å². The summed E-state index contributed by atoms with van der Waals surface area (Å²) in [6, 6.07) is 7.64. The molecule has 1 aliphatic carbocycles. The lowest BCUT2D eigenvalue weighted by Crippen LogP contribution is -2.23. The van der Waals surface area contributed by atoms with Crippen molar-refractivity contribution in [3.63, 3.8) is 0 Å². The Labute approximate surface area is 145 Å². The summed E-state index contributed by atoms with van der Waals surface area (Å²) in [7, 11) is 0. The van der Waals surface area contributed by atoms with Crippen LogP contribution in [0.2, 0.25) is 0 Å². The summed E-state index contributed by atoms with van der Waals surface area (Å²) in [5.41, 5.74) is 4.20. The molecule has 4 rings (SSSR count). The predicted molar refractivity (Wildman–Crippen MR) is 96.4 cm³/mol. The molecule has 1 aliphatic heterocycles. The summed E-state index contributed by atoms with van der Waals surface area (Å²) in [5.74, 6) is 0.425. The van der Waals surface area contributed by atoms with E-state index in [0.29, 0.717) is 18.0 Å². The molecule has 6 heteroatoms. The number of nitrogens with one attached hydrogen (secondary N) is 2. The van der Waals surface area contributed by atoms with E-state index < -0.39 is 0 Å². The Morgan fingerprint density at radius 3 is 2.88 bits per heavy atom. The van der Waals surface area contributed by atoms with Crippen molar-refractivity contribution >= 4 is 23.2 Å². The van der Waals surface area contributed by atoms with Crippen LogP contribution in [0.1, 0.15) is 37.3 Å². The molecule has 1 aromatic heterocycles. The van der Waals surface area contributed by atoms with Crippen LogP contribution in [0.25, 0.3) is 11.3 Å². The number of H-pyrrole nitrogens is 1. The van der Waals surface area contributed by atoms with Crippen molar-refractivity contribution in [2.24, 2.45) is 0 Å². The summed E-state index contributed by atoms with van der Waals surface area (Å²) in [6.07, 6.45) is 5.06. The zero-order valence-electron chi connectivity index (χ0n) is 13.9. The van der Waals surface area contributed by atoms with Crippen LogP contribution in [0.4, 0.5) is 11.4 Å². The fourth-order valence-corrected chi connectivity index (χ4v) is 3.20.